The number of amides is 2. The molecule has 1 aliphatic carbocycles. The minimum absolute atomic E-state index is 0.00315. The summed E-state index contributed by atoms with van der Waals surface area (Å²) < 4.78 is 10.8. The number of likely N-dealkylation sites (tertiary alicyclic amines) is 1. The van der Waals surface area contributed by atoms with Crippen LogP contribution >= 0.6 is 0 Å². The Morgan fingerprint density at radius 2 is 1.86 bits per heavy atom. The van der Waals surface area contributed by atoms with Gasteiger partial charge in [0.15, 0.2) is 11.5 Å². The highest BCUT2D eigenvalue weighted by Crippen LogP contribution is 2.32. The predicted octanol–water partition coefficient (Wildman–Crippen LogP) is 3.60. The van der Waals surface area contributed by atoms with Crippen LogP contribution in [-0.2, 0) is 6.54 Å². The SMILES string of the molecule is CN(Cc1ccc2c(c1)OCO2)C(=O)NC1CCN(CC2CCCCC2)CC1. The van der Waals surface area contributed by atoms with E-state index in [2.05, 4.69) is 10.2 Å². The lowest BCUT2D eigenvalue weighted by atomic mass is 9.88. The summed E-state index contributed by atoms with van der Waals surface area (Å²) in [5.41, 5.74) is 1.05. The smallest absolute Gasteiger partial charge is 0.317 e. The highest BCUT2D eigenvalue weighted by molar-refractivity contribution is 5.74. The van der Waals surface area contributed by atoms with Gasteiger partial charge in [-0.05, 0) is 49.3 Å². The zero-order valence-corrected chi connectivity index (χ0v) is 17.0. The van der Waals surface area contributed by atoms with Crippen molar-refractivity contribution in [2.75, 3.05) is 33.5 Å². The summed E-state index contributed by atoms with van der Waals surface area (Å²) in [6.45, 7) is 4.29. The fourth-order valence-corrected chi connectivity index (χ4v) is 4.66. The second-order valence-corrected chi connectivity index (χ2v) is 8.57. The van der Waals surface area contributed by atoms with E-state index < -0.39 is 0 Å². The van der Waals surface area contributed by atoms with Gasteiger partial charge in [0.2, 0.25) is 6.79 Å². The molecule has 2 fully saturated rings. The van der Waals surface area contributed by atoms with Crippen molar-refractivity contribution in [3.63, 3.8) is 0 Å². The molecule has 154 valence electrons. The summed E-state index contributed by atoms with van der Waals surface area (Å²) in [6.07, 6.45) is 9.15. The number of hydrogen-bond acceptors (Lipinski definition) is 4. The van der Waals surface area contributed by atoms with Crippen molar-refractivity contribution in [2.45, 2.75) is 57.5 Å². The molecule has 6 nitrogen and oxygen atoms in total. The van der Waals surface area contributed by atoms with Gasteiger partial charge >= 0.3 is 6.03 Å². The van der Waals surface area contributed by atoms with Gasteiger partial charge < -0.3 is 24.6 Å². The maximum absolute atomic E-state index is 12.6. The van der Waals surface area contributed by atoms with E-state index in [1.54, 1.807) is 4.90 Å². The Morgan fingerprint density at radius 3 is 2.64 bits per heavy atom. The van der Waals surface area contributed by atoms with Crippen LogP contribution in [0.3, 0.4) is 0 Å². The number of carbonyl (C=O) groups is 1. The second kappa shape index (κ2) is 9.03. The van der Waals surface area contributed by atoms with Gasteiger partial charge in [-0.15, -0.1) is 0 Å². The topological polar surface area (TPSA) is 54.0 Å². The first kappa shape index (κ1) is 19.4. The first-order valence-corrected chi connectivity index (χ1v) is 10.8. The molecule has 1 aromatic carbocycles. The number of hydrogen-bond donors (Lipinski definition) is 1. The van der Waals surface area contributed by atoms with Crippen LogP contribution in [0.5, 0.6) is 11.5 Å². The Morgan fingerprint density at radius 1 is 1.11 bits per heavy atom. The molecular weight excluding hydrogens is 354 g/mol. The molecule has 1 aromatic rings. The quantitative estimate of drug-likeness (QED) is 0.839. The number of benzene rings is 1. The Balaban J connectivity index is 1.19. The van der Waals surface area contributed by atoms with Gasteiger partial charge in [-0.25, -0.2) is 4.79 Å². The van der Waals surface area contributed by atoms with Crippen LogP contribution in [0, 0.1) is 5.92 Å². The van der Waals surface area contributed by atoms with Crippen LogP contribution in [0.2, 0.25) is 0 Å². The van der Waals surface area contributed by atoms with E-state index in [4.69, 9.17) is 9.47 Å². The molecule has 6 heteroatoms. The van der Waals surface area contributed by atoms with E-state index in [9.17, 15) is 4.79 Å². The van der Waals surface area contributed by atoms with E-state index in [1.807, 2.05) is 25.2 Å². The Hall–Kier alpha value is -1.95. The van der Waals surface area contributed by atoms with Crippen molar-refractivity contribution in [1.82, 2.24) is 15.1 Å². The molecule has 1 N–H and O–H groups in total. The molecule has 2 amide bonds. The Bertz CT molecular complexity index is 667. The zero-order valence-electron chi connectivity index (χ0n) is 17.0. The molecule has 4 rings (SSSR count). The molecular formula is C22H33N3O3. The Labute approximate surface area is 168 Å². The monoisotopic (exact) mass is 387 g/mol. The van der Waals surface area contributed by atoms with Gasteiger partial charge in [-0.3, -0.25) is 0 Å². The summed E-state index contributed by atoms with van der Waals surface area (Å²) in [7, 11) is 1.85. The fourth-order valence-electron chi connectivity index (χ4n) is 4.66. The third-order valence-electron chi connectivity index (χ3n) is 6.36. The maximum Gasteiger partial charge on any atom is 0.317 e. The summed E-state index contributed by atoms with van der Waals surface area (Å²) >= 11 is 0. The summed E-state index contributed by atoms with van der Waals surface area (Å²) in [5, 5.41) is 3.22. The van der Waals surface area contributed by atoms with Gasteiger partial charge in [-0.2, -0.15) is 0 Å². The molecule has 3 aliphatic rings. The fraction of sp³-hybridized carbons (Fsp3) is 0.682. The lowest BCUT2D eigenvalue weighted by Crippen LogP contribution is -2.48. The van der Waals surface area contributed by atoms with E-state index in [0.29, 0.717) is 6.54 Å². The van der Waals surface area contributed by atoms with Crippen LogP contribution in [0.1, 0.15) is 50.5 Å². The third-order valence-corrected chi connectivity index (χ3v) is 6.36. The first-order valence-electron chi connectivity index (χ1n) is 10.8. The van der Waals surface area contributed by atoms with Crippen LogP contribution in [0.25, 0.3) is 0 Å². The third kappa shape index (κ3) is 4.90. The van der Waals surface area contributed by atoms with Crippen molar-refractivity contribution in [3.05, 3.63) is 23.8 Å². The highest BCUT2D eigenvalue weighted by atomic mass is 16.7. The number of piperidine rings is 1. The highest BCUT2D eigenvalue weighted by Gasteiger charge is 2.24. The minimum atomic E-state index is 0.00315. The molecule has 1 saturated heterocycles. The standard InChI is InChI=1S/C22H33N3O3/c1-24(14-18-7-8-20-21(13-18)28-16-27-20)22(26)23-19-9-11-25(12-10-19)15-17-5-3-2-4-6-17/h7-8,13,17,19H,2-6,9-12,14-16H2,1H3,(H,23,26). The average molecular weight is 388 g/mol. The van der Waals surface area contributed by atoms with Gasteiger partial charge in [0.1, 0.15) is 0 Å². The normalized spacial score (nSPS) is 20.9. The van der Waals surface area contributed by atoms with Crippen LogP contribution < -0.4 is 14.8 Å². The molecule has 0 spiro atoms. The van der Waals surface area contributed by atoms with E-state index in [0.717, 1.165) is 48.9 Å². The average Bonchev–Trinajstić information content (AvgIpc) is 3.18. The van der Waals surface area contributed by atoms with E-state index >= 15 is 0 Å². The zero-order chi connectivity index (χ0) is 19.3. The second-order valence-electron chi connectivity index (χ2n) is 8.57. The number of rotatable bonds is 5. The van der Waals surface area contributed by atoms with E-state index in [1.165, 1.54) is 38.6 Å². The van der Waals surface area contributed by atoms with Crippen LogP contribution in [0.4, 0.5) is 4.79 Å². The molecule has 0 bridgehead atoms. The lowest BCUT2D eigenvalue weighted by molar-refractivity contribution is 0.150. The molecule has 28 heavy (non-hydrogen) atoms. The van der Waals surface area contributed by atoms with Crippen molar-refractivity contribution in [3.8, 4) is 11.5 Å². The molecule has 0 aromatic heterocycles. The molecule has 2 heterocycles. The largest absolute Gasteiger partial charge is 0.454 e. The van der Waals surface area contributed by atoms with Crippen LogP contribution in [-0.4, -0.2) is 55.3 Å². The van der Waals surface area contributed by atoms with Crippen LogP contribution in [0.15, 0.2) is 18.2 Å². The van der Waals surface area contributed by atoms with Crippen molar-refractivity contribution >= 4 is 6.03 Å². The number of nitrogens with zero attached hydrogens (tertiary/aromatic N) is 2. The molecule has 2 aliphatic heterocycles. The number of fused-ring (bicyclic) bond motifs is 1. The number of ether oxygens (including phenoxy) is 2. The molecule has 0 unspecified atom stereocenters. The van der Waals surface area contributed by atoms with Crippen molar-refractivity contribution in [2.24, 2.45) is 5.92 Å². The van der Waals surface area contributed by atoms with E-state index in [-0.39, 0.29) is 18.9 Å². The predicted molar refractivity (Wildman–Crippen MR) is 109 cm³/mol. The molecule has 0 radical (unpaired) electrons. The first-order chi connectivity index (χ1) is 13.7. The summed E-state index contributed by atoms with van der Waals surface area (Å²) in [4.78, 5) is 16.9. The van der Waals surface area contributed by atoms with Gasteiger partial charge in [-0.1, -0.05) is 25.3 Å². The number of urea groups is 1. The maximum atomic E-state index is 12.6. The van der Waals surface area contributed by atoms with Gasteiger partial charge in [0.25, 0.3) is 0 Å². The molecule has 1 saturated carbocycles. The number of nitrogens with one attached hydrogen (secondary N) is 1. The summed E-state index contributed by atoms with van der Waals surface area (Å²) in [6, 6.07) is 6.14. The number of carbonyl (C=O) groups excluding carboxylic acids is 1. The Kier molecular flexibility index (Phi) is 6.25. The minimum Gasteiger partial charge on any atom is -0.454 e. The molecule has 0 atom stereocenters. The van der Waals surface area contributed by atoms with Gasteiger partial charge in [0.05, 0.1) is 0 Å². The summed E-state index contributed by atoms with van der Waals surface area (Å²) in [5.74, 6) is 2.43. The van der Waals surface area contributed by atoms with Crippen molar-refractivity contribution < 1.29 is 14.3 Å². The van der Waals surface area contributed by atoms with Gasteiger partial charge in [0, 0.05) is 39.3 Å². The lowest BCUT2D eigenvalue weighted by Gasteiger charge is -2.36. The van der Waals surface area contributed by atoms with Crippen molar-refractivity contribution in [1.29, 1.82) is 0 Å².